The molecule has 0 saturated heterocycles. The molecule has 0 saturated carbocycles. The molecule has 1 N–H and O–H groups in total. The maximum Gasteiger partial charge on any atom is 0.0643 e. The summed E-state index contributed by atoms with van der Waals surface area (Å²) in [7, 11) is 1.91. The lowest BCUT2D eigenvalue weighted by Crippen LogP contribution is -2.18. The van der Waals surface area contributed by atoms with E-state index in [0.717, 1.165) is 15.6 Å². The molecule has 0 bridgehead atoms. The molecule has 1 atom stereocenters. The van der Waals surface area contributed by atoms with E-state index in [1.54, 1.807) is 6.07 Å². The molecular weight excluding hydrogens is 345 g/mol. The summed E-state index contributed by atoms with van der Waals surface area (Å²) < 4.78 is 1.09. The van der Waals surface area contributed by atoms with Gasteiger partial charge >= 0.3 is 0 Å². The summed E-state index contributed by atoms with van der Waals surface area (Å²) in [4.78, 5) is 0. The minimum atomic E-state index is 0.000440. The van der Waals surface area contributed by atoms with Gasteiger partial charge in [0.2, 0.25) is 0 Å². The standard InChI is InChI=1S/C15H14BrCl2N/c1-9-5-3-6-10(13(9)16)15(19-2)11-7-4-8-12(17)14(11)18/h3-8,15,19H,1-2H3. The van der Waals surface area contributed by atoms with Crippen LogP contribution >= 0.6 is 39.1 Å². The summed E-state index contributed by atoms with van der Waals surface area (Å²) >= 11 is 16.1. The van der Waals surface area contributed by atoms with Crippen LogP contribution in [0.3, 0.4) is 0 Å². The number of rotatable bonds is 3. The Kier molecular flexibility index (Phi) is 4.91. The zero-order chi connectivity index (χ0) is 14.0. The second kappa shape index (κ2) is 6.27. The van der Waals surface area contributed by atoms with Gasteiger partial charge in [-0.1, -0.05) is 69.5 Å². The summed E-state index contributed by atoms with van der Waals surface area (Å²) in [6.07, 6.45) is 0. The van der Waals surface area contributed by atoms with Gasteiger partial charge in [-0.2, -0.15) is 0 Å². The van der Waals surface area contributed by atoms with Gasteiger partial charge < -0.3 is 5.32 Å². The largest absolute Gasteiger partial charge is 0.309 e. The molecule has 4 heteroatoms. The van der Waals surface area contributed by atoms with Gasteiger partial charge in [-0.25, -0.2) is 0 Å². The monoisotopic (exact) mass is 357 g/mol. The number of benzene rings is 2. The average Bonchev–Trinajstić information content (AvgIpc) is 2.40. The molecule has 0 aliphatic rings. The Morgan fingerprint density at radius 3 is 2.37 bits per heavy atom. The van der Waals surface area contributed by atoms with E-state index in [-0.39, 0.29) is 6.04 Å². The van der Waals surface area contributed by atoms with Gasteiger partial charge in [-0.15, -0.1) is 0 Å². The summed E-state index contributed by atoms with van der Waals surface area (Å²) in [6.45, 7) is 2.07. The van der Waals surface area contributed by atoms with Gasteiger partial charge in [0.1, 0.15) is 0 Å². The normalized spacial score (nSPS) is 12.5. The number of hydrogen-bond acceptors (Lipinski definition) is 1. The molecule has 0 radical (unpaired) electrons. The fourth-order valence-electron chi connectivity index (χ4n) is 2.12. The van der Waals surface area contributed by atoms with E-state index in [1.165, 1.54) is 5.56 Å². The van der Waals surface area contributed by atoms with E-state index in [2.05, 4.69) is 40.3 Å². The lowest BCUT2D eigenvalue weighted by atomic mass is 9.97. The number of aryl methyl sites for hydroxylation is 1. The Balaban J connectivity index is 2.57. The second-order valence-electron chi connectivity index (χ2n) is 4.34. The van der Waals surface area contributed by atoms with Gasteiger partial charge in [0, 0.05) is 4.47 Å². The molecular formula is C15H14BrCl2N. The predicted molar refractivity (Wildman–Crippen MR) is 86.2 cm³/mol. The maximum atomic E-state index is 6.32. The molecule has 0 aliphatic carbocycles. The smallest absolute Gasteiger partial charge is 0.0643 e. The summed E-state index contributed by atoms with van der Waals surface area (Å²) in [6, 6.07) is 11.9. The van der Waals surface area contributed by atoms with Crippen LogP contribution < -0.4 is 5.32 Å². The highest BCUT2D eigenvalue weighted by Crippen LogP contribution is 2.36. The van der Waals surface area contributed by atoms with Crippen molar-refractivity contribution < 1.29 is 0 Å². The van der Waals surface area contributed by atoms with Gasteiger partial charge in [0.15, 0.2) is 0 Å². The van der Waals surface area contributed by atoms with Crippen LogP contribution in [0.4, 0.5) is 0 Å². The van der Waals surface area contributed by atoms with Gasteiger partial charge in [-0.05, 0) is 36.7 Å². The lowest BCUT2D eigenvalue weighted by molar-refractivity contribution is 0.688. The molecule has 0 aliphatic heterocycles. The highest BCUT2D eigenvalue weighted by molar-refractivity contribution is 9.10. The van der Waals surface area contributed by atoms with Gasteiger partial charge in [-0.3, -0.25) is 0 Å². The molecule has 0 heterocycles. The third kappa shape index (κ3) is 2.97. The van der Waals surface area contributed by atoms with Gasteiger partial charge in [0.25, 0.3) is 0 Å². The van der Waals surface area contributed by atoms with Crippen molar-refractivity contribution in [3.63, 3.8) is 0 Å². The molecule has 0 aromatic heterocycles. The molecule has 2 aromatic carbocycles. The van der Waals surface area contributed by atoms with Crippen LogP contribution in [0, 0.1) is 6.92 Å². The first-order chi connectivity index (χ1) is 9.06. The molecule has 0 amide bonds. The first-order valence-corrected chi connectivity index (χ1v) is 7.47. The number of halogens is 3. The highest BCUT2D eigenvalue weighted by atomic mass is 79.9. The Morgan fingerprint density at radius 1 is 1.05 bits per heavy atom. The molecule has 0 spiro atoms. The van der Waals surface area contributed by atoms with Crippen molar-refractivity contribution in [3.8, 4) is 0 Å². The van der Waals surface area contributed by atoms with E-state index in [1.807, 2.05) is 25.2 Å². The highest BCUT2D eigenvalue weighted by Gasteiger charge is 2.19. The SMILES string of the molecule is CNC(c1cccc(Cl)c1Cl)c1cccc(C)c1Br. The van der Waals surface area contributed by atoms with Crippen LogP contribution in [-0.4, -0.2) is 7.05 Å². The van der Waals surface area contributed by atoms with Crippen molar-refractivity contribution in [3.05, 3.63) is 67.6 Å². The van der Waals surface area contributed by atoms with Crippen LogP contribution in [0.15, 0.2) is 40.9 Å². The summed E-state index contributed by atoms with van der Waals surface area (Å²) in [5.41, 5.74) is 3.31. The van der Waals surface area contributed by atoms with E-state index < -0.39 is 0 Å². The van der Waals surface area contributed by atoms with Crippen molar-refractivity contribution in [2.75, 3.05) is 7.05 Å². The lowest BCUT2D eigenvalue weighted by Gasteiger charge is -2.21. The molecule has 1 nitrogen and oxygen atoms in total. The van der Waals surface area contributed by atoms with E-state index in [9.17, 15) is 0 Å². The van der Waals surface area contributed by atoms with Crippen LogP contribution in [-0.2, 0) is 0 Å². The number of nitrogens with one attached hydrogen (secondary N) is 1. The summed E-state index contributed by atoms with van der Waals surface area (Å²) in [5, 5.41) is 4.46. The zero-order valence-corrected chi connectivity index (χ0v) is 13.8. The Hall–Kier alpha value is -0.540. The number of hydrogen-bond donors (Lipinski definition) is 1. The molecule has 2 aromatic rings. The van der Waals surface area contributed by atoms with E-state index >= 15 is 0 Å². The predicted octanol–water partition coefficient (Wildman–Crippen LogP) is 5.37. The maximum absolute atomic E-state index is 6.32. The zero-order valence-electron chi connectivity index (χ0n) is 10.7. The molecule has 100 valence electrons. The molecule has 19 heavy (non-hydrogen) atoms. The second-order valence-corrected chi connectivity index (χ2v) is 5.92. The Morgan fingerprint density at radius 2 is 1.68 bits per heavy atom. The van der Waals surface area contributed by atoms with Gasteiger partial charge in [0.05, 0.1) is 16.1 Å². The van der Waals surface area contributed by atoms with Crippen LogP contribution in [0.1, 0.15) is 22.7 Å². The minimum Gasteiger partial charge on any atom is -0.309 e. The molecule has 0 fully saturated rings. The topological polar surface area (TPSA) is 12.0 Å². The van der Waals surface area contributed by atoms with Crippen LogP contribution in [0.2, 0.25) is 10.0 Å². The molecule has 1 unspecified atom stereocenters. The fraction of sp³-hybridized carbons (Fsp3) is 0.200. The van der Waals surface area contributed by atoms with Crippen molar-refractivity contribution in [1.29, 1.82) is 0 Å². The van der Waals surface area contributed by atoms with Crippen LogP contribution in [0.5, 0.6) is 0 Å². The van der Waals surface area contributed by atoms with Crippen molar-refractivity contribution in [1.82, 2.24) is 5.32 Å². The average molecular weight is 359 g/mol. The molecule has 2 rings (SSSR count). The fourth-order valence-corrected chi connectivity index (χ4v) is 3.03. The first-order valence-electron chi connectivity index (χ1n) is 5.92. The van der Waals surface area contributed by atoms with Crippen molar-refractivity contribution >= 4 is 39.1 Å². The minimum absolute atomic E-state index is 0.000440. The Labute approximate surface area is 132 Å². The van der Waals surface area contributed by atoms with Crippen molar-refractivity contribution in [2.24, 2.45) is 0 Å². The quantitative estimate of drug-likeness (QED) is 0.777. The Bertz CT molecular complexity index is 547. The van der Waals surface area contributed by atoms with Crippen molar-refractivity contribution in [2.45, 2.75) is 13.0 Å². The van der Waals surface area contributed by atoms with Crippen LogP contribution in [0.25, 0.3) is 0 Å². The third-order valence-corrected chi connectivity index (χ3v) is 5.03. The first kappa shape index (κ1) is 14.9. The van der Waals surface area contributed by atoms with E-state index in [0.29, 0.717) is 10.0 Å². The third-order valence-electron chi connectivity index (χ3n) is 3.11. The summed E-state index contributed by atoms with van der Waals surface area (Å²) in [5.74, 6) is 0. The van der Waals surface area contributed by atoms with E-state index in [4.69, 9.17) is 23.2 Å².